The zero-order valence-corrected chi connectivity index (χ0v) is 12.1. The Morgan fingerprint density at radius 3 is 2.47 bits per heavy atom. The summed E-state index contributed by atoms with van der Waals surface area (Å²) in [4.78, 5) is 2.56. The minimum atomic E-state index is 0.763. The van der Waals surface area contributed by atoms with Gasteiger partial charge in [-0.1, -0.05) is 44.0 Å². The third-order valence-corrected chi connectivity index (χ3v) is 4.85. The first-order chi connectivity index (χ1) is 9.33. The van der Waals surface area contributed by atoms with Crippen molar-refractivity contribution in [1.82, 2.24) is 10.2 Å². The van der Waals surface area contributed by atoms with E-state index in [-0.39, 0.29) is 0 Å². The molecule has 0 aromatic heterocycles. The zero-order chi connectivity index (χ0) is 13.1. The van der Waals surface area contributed by atoms with Gasteiger partial charge >= 0.3 is 0 Å². The van der Waals surface area contributed by atoms with Crippen LogP contribution in [0.5, 0.6) is 0 Å². The van der Waals surface area contributed by atoms with Crippen molar-refractivity contribution in [3.63, 3.8) is 0 Å². The van der Waals surface area contributed by atoms with E-state index in [9.17, 15) is 0 Å². The molecular weight excluding hydrogens is 232 g/mol. The Morgan fingerprint density at radius 2 is 1.79 bits per heavy atom. The van der Waals surface area contributed by atoms with Gasteiger partial charge in [0.05, 0.1) is 0 Å². The second-order valence-electron chi connectivity index (χ2n) is 6.30. The van der Waals surface area contributed by atoms with Gasteiger partial charge < -0.3 is 5.32 Å². The van der Waals surface area contributed by atoms with Crippen molar-refractivity contribution in [2.24, 2.45) is 5.92 Å². The predicted octanol–water partition coefficient (Wildman–Crippen LogP) is 3.17. The summed E-state index contributed by atoms with van der Waals surface area (Å²) < 4.78 is 0. The summed E-state index contributed by atoms with van der Waals surface area (Å²) >= 11 is 0. The Morgan fingerprint density at radius 1 is 1.11 bits per heavy atom. The summed E-state index contributed by atoms with van der Waals surface area (Å²) in [5.41, 5.74) is 3.04. The average molecular weight is 258 g/mol. The smallest absolute Gasteiger partial charge is 0.0241 e. The summed E-state index contributed by atoms with van der Waals surface area (Å²) in [7, 11) is 0. The van der Waals surface area contributed by atoms with Crippen LogP contribution in [0.25, 0.3) is 0 Å². The maximum absolute atomic E-state index is 3.78. The average Bonchev–Trinajstić information content (AvgIpc) is 2.83. The van der Waals surface area contributed by atoms with E-state index in [0.29, 0.717) is 0 Å². The van der Waals surface area contributed by atoms with Gasteiger partial charge in [0, 0.05) is 32.2 Å². The standard InChI is InChI=1S/C17H26N2/c1-14-6-2-5-9-17(14)18-10-11-19-12-15-7-3-4-8-16(15)13-19/h3-4,7-8,14,17-18H,2,5-6,9-13H2,1H3. The molecule has 0 amide bonds. The second-order valence-corrected chi connectivity index (χ2v) is 6.30. The summed E-state index contributed by atoms with van der Waals surface area (Å²) in [5.74, 6) is 0.865. The Balaban J connectivity index is 1.42. The summed E-state index contributed by atoms with van der Waals surface area (Å²) in [6.45, 7) is 7.00. The molecule has 104 valence electrons. The van der Waals surface area contributed by atoms with E-state index in [1.54, 1.807) is 0 Å². The van der Waals surface area contributed by atoms with Crippen LogP contribution in [0, 0.1) is 5.92 Å². The largest absolute Gasteiger partial charge is 0.312 e. The number of hydrogen-bond acceptors (Lipinski definition) is 2. The molecule has 2 nitrogen and oxygen atoms in total. The Kier molecular flexibility index (Phi) is 4.19. The van der Waals surface area contributed by atoms with E-state index >= 15 is 0 Å². The molecule has 0 saturated heterocycles. The number of rotatable bonds is 4. The minimum Gasteiger partial charge on any atom is -0.312 e. The van der Waals surface area contributed by atoms with E-state index < -0.39 is 0 Å². The number of benzene rings is 1. The van der Waals surface area contributed by atoms with Gasteiger partial charge in [-0.05, 0) is 29.9 Å². The molecule has 2 atom stereocenters. The fourth-order valence-corrected chi connectivity index (χ4v) is 3.59. The molecule has 2 heteroatoms. The molecular formula is C17H26N2. The van der Waals surface area contributed by atoms with Crippen LogP contribution in [0.4, 0.5) is 0 Å². The maximum Gasteiger partial charge on any atom is 0.0241 e. The van der Waals surface area contributed by atoms with Crippen LogP contribution in [0.2, 0.25) is 0 Å². The topological polar surface area (TPSA) is 15.3 Å². The van der Waals surface area contributed by atoms with E-state index in [0.717, 1.165) is 31.6 Å². The quantitative estimate of drug-likeness (QED) is 0.892. The molecule has 2 unspecified atom stereocenters. The molecule has 1 aliphatic heterocycles. The van der Waals surface area contributed by atoms with Crippen molar-refractivity contribution in [1.29, 1.82) is 0 Å². The molecule has 3 rings (SSSR count). The Bertz CT molecular complexity index is 390. The van der Waals surface area contributed by atoms with Crippen molar-refractivity contribution >= 4 is 0 Å². The van der Waals surface area contributed by atoms with Crippen LogP contribution >= 0.6 is 0 Å². The highest BCUT2D eigenvalue weighted by Gasteiger charge is 2.21. The number of nitrogens with one attached hydrogen (secondary N) is 1. The van der Waals surface area contributed by atoms with Crippen LogP contribution in [0.15, 0.2) is 24.3 Å². The van der Waals surface area contributed by atoms with E-state index in [1.165, 1.54) is 43.4 Å². The molecule has 0 spiro atoms. The first kappa shape index (κ1) is 13.1. The van der Waals surface area contributed by atoms with Gasteiger partial charge in [-0.15, -0.1) is 0 Å². The zero-order valence-electron chi connectivity index (χ0n) is 12.1. The van der Waals surface area contributed by atoms with E-state index in [2.05, 4.69) is 41.4 Å². The van der Waals surface area contributed by atoms with E-state index in [4.69, 9.17) is 0 Å². The van der Waals surface area contributed by atoms with Crippen molar-refractivity contribution in [2.45, 2.75) is 51.7 Å². The number of hydrogen-bond donors (Lipinski definition) is 1. The number of fused-ring (bicyclic) bond motifs is 1. The normalized spacial score (nSPS) is 27.4. The van der Waals surface area contributed by atoms with Gasteiger partial charge in [-0.3, -0.25) is 4.90 Å². The van der Waals surface area contributed by atoms with Gasteiger partial charge in [0.15, 0.2) is 0 Å². The molecule has 2 aliphatic rings. The molecule has 1 fully saturated rings. The lowest BCUT2D eigenvalue weighted by atomic mass is 9.86. The molecule has 1 N–H and O–H groups in total. The highest BCUT2D eigenvalue weighted by atomic mass is 15.2. The van der Waals surface area contributed by atoms with Gasteiger partial charge in [0.2, 0.25) is 0 Å². The first-order valence-corrected chi connectivity index (χ1v) is 7.85. The molecule has 1 aromatic rings. The molecule has 1 aromatic carbocycles. The van der Waals surface area contributed by atoms with Gasteiger partial charge in [-0.25, -0.2) is 0 Å². The molecule has 1 aliphatic carbocycles. The fraction of sp³-hybridized carbons (Fsp3) is 0.647. The Labute approximate surface area is 117 Å². The van der Waals surface area contributed by atoms with Crippen molar-refractivity contribution in [3.8, 4) is 0 Å². The molecule has 0 bridgehead atoms. The minimum absolute atomic E-state index is 0.763. The summed E-state index contributed by atoms with van der Waals surface area (Å²) in [5, 5.41) is 3.78. The predicted molar refractivity (Wildman–Crippen MR) is 80.0 cm³/mol. The van der Waals surface area contributed by atoms with Crippen molar-refractivity contribution < 1.29 is 0 Å². The van der Waals surface area contributed by atoms with Crippen LogP contribution in [-0.2, 0) is 13.1 Å². The van der Waals surface area contributed by atoms with Crippen molar-refractivity contribution in [2.75, 3.05) is 13.1 Å². The van der Waals surface area contributed by atoms with Gasteiger partial charge in [0.1, 0.15) is 0 Å². The van der Waals surface area contributed by atoms with Crippen LogP contribution in [0.1, 0.15) is 43.7 Å². The molecule has 0 radical (unpaired) electrons. The maximum atomic E-state index is 3.78. The lowest BCUT2D eigenvalue weighted by Crippen LogP contribution is -2.40. The SMILES string of the molecule is CC1CCCCC1NCCN1Cc2ccccc2C1. The Hall–Kier alpha value is -0.860. The molecule has 19 heavy (non-hydrogen) atoms. The van der Waals surface area contributed by atoms with Gasteiger partial charge in [-0.2, -0.15) is 0 Å². The summed E-state index contributed by atoms with van der Waals surface area (Å²) in [6.07, 6.45) is 5.63. The van der Waals surface area contributed by atoms with Crippen LogP contribution < -0.4 is 5.32 Å². The monoisotopic (exact) mass is 258 g/mol. The highest BCUT2D eigenvalue weighted by molar-refractivity contribution is 5.30. The molecule has 1 saturated carbocycles. The fourth-order valence-electron chi connectivity index (χ4n) is 3.59. The summed E-state index contributed by atoms with van der Waals surface area (Å²) in [6, 6.07) is 9.62. The first-order valence-electron chi connectivity index (χ1n) is 7.85. The highest BCUT2D eigenvalue weighted by Crippen LogP contribution is 2.24. The third kappa shape index (κ3) is 3.18. The lowest BCUT2D eigenvalue weighted by molar-refractivity contribution is 0.244. The van der Waals surface area contributed by atoms with Crippen LogP contribution in [0.3, 0.4) is 0 Å². The van der Waals surface area contributed by atoms with Gasteiger partial charge in [0.25, 0.3) is 0 Å². The third-order valence-electron chi connectivity index (χ3n) is 4.85. The number of nitrogens with zero attached hydrogens (tertiary/aromatic N) is 1. The van der Waals surface area contributed by atoms with Crippen molar-refractivity contribution in [3.05, 3.63) is 35.4 Å². The van der Waals surface area contributed by atoms with E-state index in [1.807, 2.05) is 0 Å². The van der Waals surface area contributed by atoms with Crippen LogP contribution in [-0.4, -0.2) is 24.0 Å². The second kappa shape index (κ2) is 6.06. The molecule has 1 heterocycles. The lowest BCUT2D eigenvalue weighted by Gasteiger charge is -2.30.